The number of carboxylic acids is 1. The van der Waals surface area contributed by atoms with E-state index in [0.717, 1.165) is 24.1 Å². The van der Waals surface area contributed by atoms with Crippen LogP contribution in [0.5, 0.6) is 0 Å². The first-order valence-corrected chi connectivity index (χ1v) is 6.38. The van der Waals surface area contributed by atoms with Gasteiger partial charge in [-0.25, -0.2) is 9.48 Å². The van der Waals surface area contributed by atoms with Crippen LogP contribution >= 0.6 is 0 Å². The second-order valence-corrected chi connectivity index (χ2v) is 4.99. The molecule has 5 nitrogen and oxygen atoms in total. The number of hydrogen-bond acceptors (Lipinski definition) is 3. The number of carbonyl (C=O) groups is 1. The molecule has 5 heteroatoms. The highest BCUT2D eigenvalue weighted by molar-refractivity contribution is 5.86. The third-order valence-electron chi connectivity index (χ3n) is 3.52. The topological polar surface area (TPSA) is 68.0 Å². The minimum atomic E-state index is -0.988. The molecule has 3 rings (SSSR count). The number of benzene rings is 1. The Morgan fingerprint density at radius 3 is 2.79 bits per heavy atom. The first-order chi connectivity index (χ1) is 9.16. The highest BCUT2D eigenvalue weighted by Crippen LogP contribution is 2.41. The number of aromatic nitrogens is 3. The van der Waals surface area contributed by atoms with Crippen molar-refractivity contribution >= 4 is 5.97 Å². The standard InChI is InChI=1S/C14H15N3O2/c1-9-4-2-3-5-11(9)8-17-13(10-6-7-10)12(14(18)19)15-16-17/h2-5,10H,6-8H2,1H3,(H,18,19). The van der Waals surface area contributed by atoms with Crippen LogP contribution < -0.4 is 0 Å². The second-order valence-electron chi connectivity index (χ2n) is 4.99. The Balaban J connectivity index is 1.97. The van der Waals surface area contributed by atoms with Crippen LogP contribution in [0.15, 0.2) is 24.3 Å². The Labute approximate surface area is 110 Å². The van der Waals surface area contributed by atoms with Gasteiger partial charge in [-0.2, -0.15) is 0 Å². The van der Waals surface area contributed by atoms with Gasteiger partial charge in [0.25, 0.3) is 0 Å². The molecule has 0 atom stereocenters. The van der Waals surface area contributed by atoms with Crippen LogP contribution in [0.25, 0.3) is 0 Å². The lowest BCUT2D eigenvalue weighted by Gasteiger charge is -2.08. The van der Waals surface area contributed by atoms with Gasteiger partial charge < -0.3 is 5.11 Å². The van der Waals surface area contributed by atoms with E-state index in [2.05, 4.69) is 10.3 Å². The highest BCUT2D eigenvalue weighted by Gasteiger charge is 2.33. The van der Waals surface area contributed by atoms with Crippen LogP contribution in [0.2, 0.25) is 0 Å². The maximum Gasteiger partial charge on any atom is 0.358 e. The van der Waals surface area contributed by atoms with Gasteiger partial charge in [0.15, 0.2) is 5.69 Å². The normalized spacial score (nSPS) is 14.6. The monoisotopic (exact) mass is 257 g/mol. The van der Waals surface area contributed by atoms with Gasteiger partial charge in [-0.15, -0.1) is 5.10 Å². The van der Waals surface area contributed by atoms with Crippen LogP contribution in [0.4, 0.5) is 0 Å². The fraction of sp³-hybridized carbons (Fsp3) is 0.357. The molecule has 2 aromatic rings. The van der Waals surface area contributed by atoms with Crippen molar-refractivity contribution < 1.29 is 9.90 Å². The zero-order chi connectivity index (χ0) is 13.4. The van der Waals surface area contributed by atoms with E-state index in [4.69, 9.17) is 5.11 Å². The van der Waals surface area contributed by atoms with Crippen LogP contribution in [-0.4, -0.2) is 26.1 Å². The molecule has 1 aliphatic carbocycles. The molecule has 1 aromatic heterocycles. The third kappa shape index (κ3) is 2.23. The van der Waals surface area contributed by atoms with Gasteiger partial charge in [-0.3, -0.25) is 0 Å². The van der Waals surface area contributed by atoms with Crippen molar-refractivity contribution in [2.75, 3.05) is 0 Å². The quantitative estimate of drug-likeness (QED) is 0.911. The summed E-state index contributed by atoms with van der Waals surface area (Å²) in [5, 5.41) is 17.0. The molecule has 98 valence electrons. The van der Waals surface area contributed by atoms with Crippen molar-refractivity contribution in [2.24, 2.45) is 0 Å². The van der Waals surface area contributed by atoms with Gasteiger partial charge in [0, 0.05) is 5.92 Å². The summed E-state index contributed by atoms with van der Waals surface area (Å²) < 4.78 is 1.74. The maximum absolute atomic E-state index is 11.2. The van der Waals surface area contributed by atoms with Gasteiger partial charge in [0.05, 0.1) is 12.2 Å². The lowest BCUT2D eigenvalue weighted by molar-refractivity contribution is 0.0689. The zero-order valence-electron chi connectivity index (χ0n) is 10.7. The molecule has 1 fully saturated rings. The summed E-state index contributed by atoms with van der Waals surface area (Å²) in [6.45, 7) is 2.62. The van der Waals surface area contributed by atoms with E-state index in [1.54, 1.807) is 4.68 Å². The number of aromatic carboxylic acids is 1. The molecular formula is C14H15N3O2. The summed E-state index contributed by atoms with van der Waals surface area (Å²) in [7, 11) is 0. The van der Waals surface area contributed by atoms with E-state index in [1.165, 1.54) is 5.56 Å². The third-order valence-corrected chi connectivity index (χ3v) is 3.52. The maximum atomic E-state index is 11.2. The number of aryl methyl sites for hydroxylation is 1. The molecule has 1 N–H and O–H groups in total. The molecule has 0 bridgehead atoms. The minimum Gasteiger partial charge on any atom is -0.476 e. The smallest absolute Gasteiger partial charge is 0.358 e. The van der Waals surface area contributed by atoms with Gasteiger partial charge >= 0.3 is 5.97 Å². The average molecular weight is 257 g/mol. The molecule has 0 radical (unpaired) electrons. The first kappa shape index (κ1) is 11.9. The average Bonchev–Trinajstić information content (AvgIpc) is 3.13. The van der Waals surface area contributed by atoms with Gasteiger partial charge in [0.1, 0.15) is 0 Å². The molecule has 1 heterocycles. The Hall–Kier alpha value is -2.17. The number of hydrogen-bond donors (Lipinski definition) is 1. The first-order valence-electron chi connectivity index (χ1n) is 6.38. The van der Waals surface area contributed by atoms with E-state index in [1.807, 2.05) is 31.2 Å². The fourth-order valence-corrected chi connectivity index (χ4v) is 2.30. The van der Waals surface area contributed by atoms with Gasteiger partial charge in [-0.05, 0) is 30.9 Å². The summed E-state index contributed by atoms with van der Waals surface area (Å²) in [6.07, 6.45) is 2.06. The van der Waals surface area contributed by atoms with E-state index < -0.39 is 5.97 Å². The van der Waals surface area contributed by atoms with Crippen LogP contribution in [0.1, 0.15) is 46.1 Å². The summed E-state index contributed by atoms with van der Waals surface area (Å²) in [5.74, 6) is -0.678. The Kier molecular flexibility index (Phi) is 2.81. The van der Waals surface area contributed by atoms with Crippen molar-refractivity contribution in [3.8, 4) is 0 Å². The number of rotatable bonds is 4. The highest BCUT2D eigenvalue weighted by atomic mass is 16.4. The van der Waals surface area contributed by atoms with Crippen molar-refractivity contribution in [3.63, 3.8) is 0 Å². The number of carboxylic acid groups (broad SMARTS) is 1. The fourth-order valence-electron chi connectivity index (χ4n) is 2.30. The molecule has 1 aliphatic rings. The molecule has 1 aromatic carbocycles. The summed E-state index contributed by atoms with van der Waals surface area (Å²) >= 11 is 0. The zero-order valence-corrected chi connectivity index (χ0v) is 10.7. The molecule has 0 aliphatic heterocycles. The largest absolute Gasteiger partial charge is 0.476 e. The molecule has 0 spiro atoms. The summed E-state index contributed by atoms with van der Waals surface area (Å²) in [6, 6.07) is 8.05. The van der Waals surface area contributed by atoms with Crippen LogP contribution in [0.3, 0.4) is 0 Å². The van der Waals surface area contributed by atoms with Crippen molar-refractivity contribution in [1.82, 2.24) is 15.0 Å². The molecule has 1 saturated carbocycles. The van der Waals surface area contributed by atoms with E-state index >= 15 is 0 Å². The van der Waals surface area contributed by atoms with Crippen molar-refractivity contribution in [1.29, 1.82) is 0 Å². The minimum absolute atomic E-state index is 0.107. The Bertz CT molecular complexity index is 629. The van der Waals surface area contributed by atoms with E-state index in [-0.39, 0.29) is 5.69 Å². The molecule has 19 heavy (non-hydrogen) atoms. The van der Waals surface area contributed by atoms with Gasteiger partial charge in [-0.1, -0.05) is 29.5 Å². The van der Waals surface area contributed by atoms with Gasteiger partial charge in [0.2, 0.25) is 0 Å². The van der Waals surface area contributed by atoms with Crippen LogP contribution in [0, 0.1) is 6.92 Å². The van der Waals surface area contributed by atoms with E-state index in [9.17, 15) is 4.79 Å². The lowest BCUT2D eigenvalue weighted by Crippen LogP contribution is -2.09. The lowest BCUT2D eigenvalue weighted by atomic mass is 10.1. The molecule has 0 saturated heterocycles. The Morgan fingerprint density at radius 2 is 2.16 bits per heavy atom. The molecule has 0 amide bonds. The molecular weight excluding hydrogens is 242 g/mol. The second kappa shape index (κ2) is 4.50. The number of nitrogens with zero attached hydrogens (tertiary/aromatic N) is 3. The Morgan fingerprint density at radius 1 is 1.42 bits per heavy atom. The van der Waals surface area contributed by atoms with E-state index in [0.29, 0.717) is 12.5 Å². The van der Waals surface area contributed by atoms with Crippen molar-refractivity contribution in [2.45, 2.75) is 32.2 Å². The summed E-state index contributed by atoms with van der Waals surface area (Å²) in [4.78, 5) is 11.2. The SMILES string of the molecule is Cc1ccccc1Cn1nnc(C(=O)O)c1C1CC1. The summed E-state index contributed by atoms with van der Waals surface area (Å²) in [5.41, 5.74) is 3.20. The van der Waals surface area contributed by atoms with Crippen LogP contribution in [-0.2, 0) is 6.54 Å². The molecule has 0 unspecified atom stereocenters. The predicted molar refractivity (Wildman–Crippen MR) is 69.2 cm³/mol. The van der Waals surface area contributed by atoms with Crippen molar-refractivity contribution in [3.05, 3.63) is 46.8 Å². The predicted octanol–water partition coefficient (Wildman–Crippen LogP) is 2.21.